The highest BCUT2D eigenvalue weighted by Gasteiger charge is 2.34. The lowest BCUT2D eigenvalue weighted by atomic mass is 10.1. The third-order valence-corrected chi connectivity index (χ3v) is 5.80. The molecule has 1 aromatic carbocycles. The van der Waals surface area contributed by atoms with Crippen molar-refractivity contribution in [3.63, 3.8) is 0 Å². The maximum atomic E-state index is 14.2. The van der Waals surface area contributed by atoms with Gasteiger partial charge in [0.2, 0.25) is 0 Å². The molecule has 3 rings (SSSR count). The number of carbonyl (C=O) groups excluding carboxylic acids is 1. The van der Waals surface area contributed by atoms with Crippen molar-refractivity contribution in [1.82, 2.24) is 15.1 Å². The lowest BCUT2D eigenvalue weighted by Gasteiger charge is -2.31. The largest absolute Gasteiger partial charge is 0.320 e. The monoisotopic (exact) mass is 355 g/mol. The number of nitrogens with zero attached hydrogens (tertiary/aromatic N) is 2. The number of hydrogen-bond acceptors (Lipinski definition) is 4. The maximum Gasteiger partial charge on any atom is 0.320 e. The van der Waals surface area contributed by atoms with E-state index < -0.39 is 15.7 Å². The molecule has 2 fully saturated rings. The molecule has 2 aliphatic rings. The summed E-state index contributed by atoms with van der Waals surface area (Å²) in [5.74, 6) is -0.592. The van der Waals surface area contributed by atoms with Crippen LogP contribution in [0.15, 0.2) is 23.1 Å². The quantitative estimate of drug-likeness (QED) is 0.882. The molecule has 24 heavy (non-hydrogen) atoms. The Balaban J connectivity index is 1.69. The van der Waals surface area contributed by atoms with Crippen LogP contribution >= 0.6 is 0 Å². The van der Waals surface area contributed by atoms with Crippen LogP contribution in [0.2, 0.25) is 0 Å². The van der Waals surface area contributed by atoms with E-state index in [1.54, 1.807) is 4.90 Å². The van der Waals surface area contributed by atoms with Crippen molar-refractivity contribution in [3.05, 3.63) is 29.6 Å². The van der Waals surface area contributed by atoms with E-state index in [0.29, 0.717) is 18.7 Å². The van der Waals surface area contributed by atoms with E-state index in [1.165, 1.54) is 12.1 Å². The number of rotatable bonds is 4. The summed E-state index contributed by atoms with van der Waals surface area (Å²) in [6.45, 7) is 3.21. The van der Waals surface area contributed by atoms with E-state index >= 15 is 0 Å². The summed E-state index contributed by atoms with van der Waals surface area (Å²) in [6, 6.07) is 4.05. The number of benzene rings is 1. The average molecular weight is 355 g/mol. The van der Waals surface area contributed by atoms with Gasteiger partial charge in [-0.1, -0.05) is 6.07 Å². The highest BCUT2D eigenvalue weighted by Crippen LogP contribution is 2.22. The molecule has 0 unspecified atom stereocenters. The van der Waals surface area contributed by atoms with Gasteiger partial charge in [-0.25, -0.2) is 17.6 Å². The standard InChI is InChI=1S/C16H22FN3O3S/c1-24(22,23)14-3-2-12(15(17)10-14)11-19-8-9-20(16(19)21)13-4-6-18-7-5-13/h2-3,10,13,18H,4-9,11H2,1H3. The summed E-state index contributed by atoms with van der Waals surface area (Å²) in [5, 5.41) is 3.28. The van der Waals surface area contributed by atoms with Crippen LogP contribution in [0.5, 0.6) is 0 Å². The predicted molar refractivity (Wildman–Crippen MR) is 87.9 cm³/mol. The SMILES string of the molecule is CS(=O)(=O)c1ccc(CN2CCN(C3CCNCC3)C2=O)c(F)c1. The zero-order valence-corrected chi connectivity index (χ0v) is 14.5. The van der Waals surface area contributed by atoms with Crippen molar-refractivity contribution in [3.8, 4) is 0 Å². The van der Waals surface area contributed by atoms with Crippen LogP contribution in [-0.2, 0) is 16.4 Å². The molecule has 6 nitrogen and oxygen atoms in total. The minimum atomic E-state index is -3.44. The summed E-state index contributed by atoms with van der Waals surface area (Å²) < 4.78 is 37.1. The van der Waals surface area contributed by atoms with Crippen molar-refractivity contribution in [2.45, 2.75) is 30.3 Å². The smallest absolute Gasteiger partial charge is 0.320 e. The zero-order chi connectivity index (χ0) is 17.3. The fraction of sp³-hybridized carbons (Fsp3) is 0.562. The average Bonchev–Trinajstić information content (AvgIpc) is 2.90. The number of sulfone groups is 1. The Morgan fingerprint density at radius 2 is 1.96 bits per heavy atom. The van der Waals surface area contributed by atoms with Crippen LogP contribution in [-0.4, -0.2) is 62.7 Å². The number of halogens is 1. The third kappa shape index (κ3) is 3.54. The molecule has 0 saturated carbocycles. The lowest BCUT2D eigenvalue weighted by Crippen LogP contribution is -2.45. The van der Waals surface area contributed by atoms with Crippen LogP contribution in [0.4, 0.5) is 9.18 Å². The van der Waals surface area contributed by atoms with Gasteiger partial charge in [0.05, 0.1) is 11.4 Å². The zero-order valence-electron chi connectivity index (χ0n) is 13.7. The molecule has 1 aromatic rings. The van der Waals surface area contributed by atoms with Crippen molar-refractivity contribution in [2.24, 2.45) is 0 Å². The number of piperidine rings is 1. The van der Waals surface area contributed by atoms with Crippen molar-refractivity contribution in [1.29, 1.82) is 0 Å². The minimum Gasteiger partial charge on any atom is -0.320 e. The van der Waals surface area contributed by atoms with Crippen LogP contribution in [0.1, 0.15) is 18.4 Å². The fourth-order valence-electron chi connectivity index (χ4n) is 3.30. The van der Waals surface area contributed by atoms with Crippen molar-refractivity contribution in [2.75, 3.05) is 32.4 Å². The molecular formula is C16H22FN3O3S. The normalized spacial score (nSPS) is 20.0. The van der Waals surface area contributed by atoms with Gasteiger partial charge in [0, 0.05) is 31.0 Å². The second-order valence-electron chi connectivity index (χ2n) is 6.40. The summed E-state index contributed by atoms with van der Waals surface area (Å²) in [6.07, 6.45) is 2.93. The molecule has 132 valence electrons. The van der Waals surface area contributed by atoms with E-state index in [-0.39, 0.29) is 23.5 Å². The second kappa shape index (κ2) is 6.68. The minimum absolute atomic E-state index is 0.0483. The Morgan fingerprint density at radius 3 is 2.58 bits per heavy atom. The van der Waals surface area contributed by atoms with Gasteiger partial charge in [-0.15, -0.1) is 0 Å². The van der Waals surface area contributed by atoms with Crippen molar-refractivity contribution < 1.29 is 17.6 Å². The number of nitrogens with one attached hydrogen (secondary N) is 1. The Labute approximate surface area is 141 Å². The van der Waals surface area contributed by atoms with Crippen LogP contribution < -0.4 is 5.32 Å². The van der Waals surface area contributed by atoms with E-state index in [1.807, 2.05) is 4.90 Å². The lowest BCUT2D eigenvalue weighted by molar-refractivity contribution is 0.164. The molecule has 2 saturated heterocycles. The van der Waals surface area contributed by atoms with E-state index in [0.717, 1.165) is 38.3 Å². The van der Waals surface area contributed by atoms with Gasteiger partial charge < -0.3 is 15.1 Å². The van der Waals surface area contributed by atoms with E-state index in [4.69, 9.17) is 0 Å². The van der Waals surface area contributed by atoms with Crippen LogP contribution in [0.25, 0.3) is 0 Å². The Morgan fingerprint density at radius 1 is 1.25 bits per heavy atom. The predicted octanol–water partition coefficient (Wildman–Crippen LogP) is 1.22. The molecule has 0 aromatic heterocycles. The molecule has 0 spiro atoms. The molecule has 2 amide bonds. The highest BCUT2D eigenvalue weighted by molar-refractivity contribution is 7.90. The van der Waals surface area contributed by atoms with Crippen molar-refractivity contribution >= 4 is 15.9 Å². The fourth-order valence-corrected chi connectivity index (χ4v) is 3.93. The Bertz CT molecular complexity index is 732. The van der Waals surface area contributed by atoms with Crippen LogP contribution in [0, 0.1) is 5.82 Å². The molecule has 0 bridgehead atoms. The molecule has 8 heteroatoms. The molecule has 0 atom stereocenters. The number of urea groups is 1. The van der Waals surface area contributed by atoms with Crippen LogP contribution in [0.3, 0.4) is 0 Å². The van der Waals surface area contributed by atoms with E-state index in [9.17, 15) is 17.6 Å². The molecular weight excluding hydrogens is 333 g/mol. The third-order valence-electron chi connectivity index (χ3n) is 4.69. The molecule has 0 aliphatic carbocycles. The number of amides is 2. The molecule has 0 radical (unpaired) electrons. The first-order valence-corrected chi connectivity index (χ1v) is 10.00. The van der Waals surface area contributed by atoms with Gasteiger partial charge >= 0.3 is 6.03 Å². The maximum absolute atomic E-state index is 14.2. The number of hydrogen-bond donors (Lipinski definition) is 1. The first kappa shape index (κ1) is 17.2. The topological polar surface area (TPSA) is 69.7 Å². The summed E-state index contributed by atoms with van der Waals surface area (Å²) in [5.41, 5.74) is 0.336. The molecule has 2 heterocycles. The van der Waals surface area contributed by atoms with Gasteiger partial charge in [0.15, 0.2) is 9.84 Å². The van der Waals surface area contributed by atoms with Gasteiger partial charge in [0.25, 0.3) is 0 Å². The van der Waals surface area contributed by atoms with Gasteiger partial charge in [-0.3, -0.25) is 0 Å². The summed E-state index contributed by atoms with van der Waals surface area (Å²) in [4.78, 5) is 16.0. The summed E-state index contributed by atoms with van der Waals surface area (Å²) >= 11 is 0. The van der Waals surface area contributed by atoms with Gasteiger partial charge in [-0.05, 0) is 38.1 Å². The first-order chi connectivity index (χ1) is 11.4. The molecule has 2 aliphatic heterocycles. The Hall–Kier alpha value is -1.67. The summed E-state index contributed by atoms with van der Waals surface area (Å²) in [7, 11) is -3.44. The number of carbonyl (C=O) groups is 1. The van der Waals surface area contributed by atoms with Gasteiger partial charge in [0.1, 0.15) is 5.82 Å². The second-order valence-corrected chi connectivity index (χ2v) is 8.42. The van der Waals surface area contributed by atoms with E-state index in [2.05, 4.69) is 5.32 Å². The van der Waals surface area contributed by atoms with Gasteiger partial charge in [-0.2, -0.15) is 0 Å². The molecule has 1 N–H and O–H groups in total. The Kier molecular flexibility index (Phi) is 4.78. The highest BCUT2D eigenvalue weighted by atomic mass is 32.2. The first-order valence-electron chi connectivity index (χ1n) is 8.11.